The molecule has 1 fully saturated rings. The Kier molecular flexibility index (Phi) is 6.69. The monoisotopic (exact) mass is 231 g/mol. The van der Waals surface area contributed by atoms with Gasteiger partial charge >= 0.3 is 0 Å². The first-order chi connectivity index (χ1) is 7.27. The van der Waals surface area contributed by atoms with Crippen LogP contribution in [-0.4, -0.2) is 37.3 Å². The second-order valence-corrected chi connectivity index (χ2v) is 5.66. The highest BCUT2D eigenvalue weighted by molar-refractivity contribution is 7.99. The SMILES string of the molecule is CCCC(C)CC(NC)C1CSCCO1. The van der Waals surface area contributed by atoms with Crippen LogP contribution in [0.2, 0.25) is 0 Å². The fraction of sp³-hybridized carbons (Fsp3) is 1.00. The van der Waals surface area contributed by atoms with Crippen LogP contribution >= 0.6 is 11.8 Å². The Morgan fingerprint density at radius 3 is 2.87 bits per heavy atom. The molecule has 0 aromatic rings. The summed E-state index contributed by atoms with van der Waals surface area (Å²) in [5, 5.41) is 3.42. The summed E-state index contributed by atoms with van der Waals surface area (Å²) in [6.45, 7) is 5.54. The summed E-state index contributed by atoms with van der Waals surface area (Å²) in [5.41, 5.74) is 0. The molecule has 0 spiro atoms. The summed E-state index contributed by atoms with van der Waals surface area (Å²) in [7, 11) is 2.06. The van der Waals surface area contributed by atoms with Crippen molar-refractivity contribution in [2.45, 2.75) is 45.3 Å². The van der Waals surface area contributed by atoms with E-state index in [9.17, 15) is 0 Å². The molecule has 1 saturated heterocycles. The van der Waals surface area contributed by atoms with Crippen molar-refractivity contribution in [1.82, 2.24) is 5.32 Å². The molecule has 2 nitrogen and oxygen atoms in total. The quantitative estimate of drug-likeness (QED) is 0.759. The van der Waals surface area contributed by atoms with Gasteiger partial charge in [-0.25, -0.2) is 0 Å². The van der Waals surface area contributed by atoms with Gasteiger partial charge in [-0.3, -0.25) is 0 Å². The molecule has 1 aliphatic rings. The molecular formula is C12H25NOS. The van der Waals surface area contributed by atoms with Crippen molar-refractivity contribution in [3.05, 3.63) is 0 Å². The zero-order valence-corrected chi connectivity index (χ0v) is 11.1. The largest absolute Gasteiger partial charge is 0.375 e. The Morgan fingerprint density at radius 2 is 2.33 bits per heavy atom. The molecule has 90 valence electrons. The molecular weight excluding hydrogens is 206 g/mol. The smallest absolute Gasteiger partial charge is 0.0818 e. The molecule has 3 atom stereocenters. The molecule has 0 radical (unpaired) electrons. The van der Waals surface area contributed by atoms with Crippen molar-refractivity contribution in [1.29, 1.82) is 0 Å². The summed E-state index contributed by atoms with van der Waals surface area (Å²) in [6.07, 6.45) is 4.29. The van der Waals surface area contributed by atoms with Crippen LogP contribution in [0.1, 0.15) is 33.1 Å². The van der Waals surface area contributed by atoms with E-state index in [2.05, 4.69) is 26.2 Å². The van der Waals surface area contributed by atoms with E-state index in [4.69, 9.17) is 4.74 Å². The number of ether oxygens (including phenoxy) is 1. The molecule has 3 unspecified atom stereocenters. The molecule has 0 aromatic carbocycles. The zero-order valence-electron chi connectivity index (χ0n) is 10.3. The van der Waals surface area contributed by atoms with E-state index in [-0.39, 0.29) is 0 Å². The fourth-order valence-electron chi connectivity index (χ4n) is 2.24. The van der Waals surface area contributed by atoms with Crippen LogP contribution in [-0.2, 0) is 4.74 Å². The Bertz CT molecular complexity index is 160. The summed E-state index contributed by atoms with van der Waals surface area (Å²) in [5.74, 6) is 3.13. The highest BCUT2D eigenvalue weighted by Gasteiger charge is 2.24. The third kappa shape index (κ3) is 4.75. The summed E-state index contributed by atoms with van der Waals surface area (Å²) in [4.78, 5) is 0. The molecule has 0 aliphatic carbocycles. The predicted octanol–water partition coefficient (Wildman–Crippen LogP) is 2.53. The van der Waals surface area contributed by atoms with E-state index in [0.29, 0.717) is 12.1 Å². The maximum Gasteiger partial charge on any atom is 0.0818 e. The van der Waals surface area contributed by atoms with Crippen LogP contribution in [0, 0.1) is 5.92 Å². The van der Waals surface area contributed by atoms with Gasteiger partial charge < -0.3 is 10.1 Å². The fourth-order valence-corrected chi connectivity index (χ4v) is 3.18. The molecule has 1 rings (SSSR count). The normalized spacial score (nSPS) is 26.2. The lowest BCUT2D eigenvalue weighted by Gasteiger charge is -2.31. The number of rotatable bonds is 6. The highest BCUT2D eigenvalue weighted by atomic mass is 32.2. The second-order valence-electron chi connectivity index (χ2n) is 4.51. The zero-order chi connectivity index (χ0) is 11.1. The van der Waals surface area contributed by atoms with E-state index in [0.717, 1.165) is 24.0 Å². The topological polar surface area (TPSA) is 21.3 Å². The molecule has 0 aromatic heterocycles. The van der Waals surface area contributed by atoms with Crippen LogP contribution in [0.4, 0.5) is 0 Å². The van der Waals surface area contributed by atoms with Gasteiger partial charge in [-0.1, -0.05) is 26.7 Å². The van der Waals surface area contributed by atoms with Gasteiger partial charge in [0.1, 0.15) is 0 Å². The van der Waals surface area contributed by atoms with Crippen molar-refractivity contribution in [2.24, 2.45) is 5.92 Å². The lowest BCUT2D eigenvalue weighted by molar-refractivity contribution is 0.0426. The predicted molar refractivity (Wildman–Crippen MR) is 68.6 cm³/mol. The standard InChI is InChI=1S/C12H25NOS/c1-4-5-10(2)8-11(13-3)12-9-15-7-6-14-12/h10-13H,4-9H2,1-3H3. The molecule has 1 N–H and O–H groups in total. The number of nitrogens with one attached hydrogen (secondary N) is 1. The van der Waals surface area contributed by atoms with E-state index in [1.807, 2.05) is 11.8 Å². The van der Waals surface area contributed by atoms with E-state index in [1.54, 1.807) is 0 Å². The number of hydrogen-bond donors (Lipinski definition) is 1. The highest BCUT2D eigenvalue weighted by Crippen LogP contribution is 2.21. The van der Waals surface area contributed by atoms with Crippen LogP contribution in [0.5, 0.6) is 0 Å². The third-order valence-corrected chi connectivity index (χ3v) is 4.12. The summed E-state index contributed by atoms with van der Waals surface area (Å²) >= 11 is 2.02. The van der Waals surface area contributed by atoms with Gasteiger partial charge in [-0.2, -0.15) is 11.8 Å². The minimum absolute atomic E-state index is 0.424. The first-order valence-electron chi connectivity index (χ1n) is 6.14. The Balaban J connectivity index is 2.32. The Hall–Kier alpha value is 0.270. The van der Waals surface area contributed by atoms with E-state index >= 15 is 0 Å². The molecule has 15 heavy (non-hydrogen) atoms. The Labute approximate surface area is 98.5 Å². The van der Waals surface area contributed by atoms with Crippen LogP contribution < -0.4 is 5.32 Å². The van der Waals surface area contributed by atoms with Gasteiger partial charge in [0.2, 0.25) is 0 Å². The lowest BCUT2D eigenvalue weighted by Crippen LogP contribution is -2.44. The van der Waals surface area contributed by atoms with Crippen LogP contribution in [0.3, 0.4) is 0 Å². The third-order valence-electron chi connectivity index (χ3n) is 3.10. The Morgan fingerprint density at radius 1 is 1.53 bits per heavy atom. The number of hydrogen-bond acceptors (Lipinski definition) is 3. The van der Waals surface area contributed by atoms with Crippen molar-refractivity contribution in [2.75, 3.05) is 25.2 Å². The first-order valence-corrected chi connectivity index (χ1v) is 7.30. The average molecular weight is 231 g/mol. The van der Waals surface area contributed by atoms with Gasteiger partial charge in [0, 0.05) is 17.5 Å². The van der Waals surface area contributed by atoms with Gasteiger partial charge in [0.15, 0.2) is 0 Å². The molecule has 0 bridgehead atoms. The molecule has 1 aliphatic heterocycles. The van der Waals surface area contributed by atoms with Gasteiger partial charge in [0.05, 0.1) is 12.7 Å². The molecule has 0 saturated carbocycles. The van der Waals surface area contributed by atoms with Crippen molar-refractivity contribution >= 4 is 11.8 Å². The first kappa shape index (κ1) is 13.3. The van der Waals surface area contributed by atoms with Crippen molar-refractivity contribution < 1.29 is 4.74 Å². The van der Waals surface area contributed by atoms with Gasteiger partial charge in [0.25, 0.3) is 0 Å². The molecule has 0 amide bonds. The minimum atomic E-state index is 0.424. The molecule has 3 heteroatoms. The second kappa shape index (κ2) is 7.53. The van der Waals surface area contributed by atoms with Crippen molar-refractivity contribution in [3.8, 4) is 0 Å². The number of thioether (sulfide) groups is 1. The van der Waals surface area contributed by atoms with Crippen molar-refractivity contribution in [3.63, 3.8) is 0 Å². The molecule has 1 heterocycles. The van der Waals surface area contributed by atoms with E-state index < -0.39 is 0 Å². The number of likely N-dealkylation sites (N-methyl/N-ethyl adjacent to an activating group) is 1. The lowest BCUT2D eigenvalue weighted by atomic mass is 9.95. The van der Waals surface area contributed by atoms with E-state index in [1.165, 1.54) is 19.3 Å². The van der Waals surface area contributed by atoms with Crippen LogP contribution in [0.15, 0.2) is 0 Å². The maximum absolute atomic E-state index is 5.83. The van der Waals surface area contributed by atoms with Crippen LogP contribution in [0.25, 0.3) is 0 Å². The summed E-state index contributed by atoms with van der Waals surface area (Å²) < 4.78 is 5.83. The summed E-state index contributed by atoms with van der Waals surface area (Å²) in [6, 6.07) is 0.541. The minimum Gasteiger partial charge on any atom is -0.375 e. The maximum atomic E-state index is 5.83. The van der Waals surface area contributed by atoms with Gasteiger partial charge in [-0.15, -0.1) is 0 Å². The van der Waals surface area contributed by atoms with Gasteiger partial charge in [-0.05, 0) is 19.4 Å². The average Bonchev–Trinajstić information content (AvgIpc) is 2.27.